The zero-order valence-corrected chi connectivity index (χ0v) is 18.5. The topological polar surface area (TPSA) is 48.3 Å². The van der Waals surface area contributed by atoms with Crippen LogP contribution >= 0.6 is 11.8 Å². The van der Waals surface area contributed by atoms with Gasteiger partial charge in [-0.2, -0.15) is 0 Å². The molecule has 0 radical (unpaired) electrons. The standard InChI is InChI=1S/C23H32FNO3S/c1-4-17(3)23(27)29-14-10-8-6-7-9-13-28-21-16-22(26)25(5-2)20-12-11-18(24)15-19(20)21/h11-12,15-17H,4-10,13-14H2,1-3H3. The molecule has 0 saturated carbocycles. The smallest absolute Gasteiger partial charge is 0.254 e. The fraction of sp³-hybridized carbons (Fsp3) is 0.565. The minimum Gasteiger partial charge on any atom is -0.493 e. The molecule has 0 amide bonds. The van der Waals surface area contributed by atoms with E-state index in [2.05, 4.69) is 0 Å². The first-order chi connectivity index (χ1) is 14.0. The molecule has 0 spiro atoms. The van der Waals surface area contributed by atoms with Crippen LogP contribution in [0.4, 0.5) is 4.39 Å². The van der Waals surface area contributed by atoms with Gasteiger partial charge in [0.1, 0.15) is 11.6 Å². The predicted molar refractivity (Wildman–Crippen MR) is 119 cm³/mol. The van der Waals surface area contributed by atoms with E-state index < -0.39 is 0 Å². The minimum atomic E-state index is -0.340. The van der Waals surface area contributed by atoms with Gasteiger partial charge in [0.2, 0.25) is 0 Å². The minimum absolute atomic E-state index is 0.133. The highest BCUT2D eigenvalue weighted by atomic mass is 32.2. The van der Waals surface area contributed by atoms with Crippen LogP contribution in [0.15, 0.2) is 29.1 Å². The molecule has 0 aliphatic carbocycles. The summed E-state index contributed by atoms with van der Waals surface area (Å²) in [5.74, 6) is 1.16. The van der Waals surface area contributed by atoms with Crippen LogP contribution in [0.5, 0.6) is 5.75 Å². The van der Waals surface area contributed by atoms with E-state index in [9.17, 15) is 14.0 Å². The monoisotopic (exact) mass is 421 g/mol. The Kier molecular flexibility index (Phi) is 9.71. The van der Waals surface area contributed by atoms with Crippen molar-refractivity contribution in [2.24, 2.45) is 5.92 Å². The molecular formula is C23H32FNO3S. The lowest BCUT2D eigenvalue weighted by atomic mass is 10.1. The van der Waals surface area contributed by atoms with Crippen LogP contribution in [0.3, 0.4) is 0 Å². The average molecular weight is 422 g/mol. The lowest BCUT2D eigenvalue weighted by Crippen LogP contribution is -2.19. The second-order valence-corrected chi connectivity index (χ2v) is 8.44. The number of rotatable bonds is 12. The number of hydrogen-bond acceptors (Lipinski definition) is 4. The Morgan fingerprint density at radius 1 is 1.14 bits per heavy atom. The van der Waals surface area contributed by atoms with Gasteiger partial charge in [0.15, 0.2) is 5.12 Å². The summed E-state index contributed by atoms with van der Waals surface area (Å²) in [6.45, 7) is 6.95. The fourth-order valence-corrected chi connectivity index (χ4v) is 4.17. The van der Waals surface area contributed by atoms with Crippen molar-refractivity contribution in [3.8, 4) is 5.75 Å². The number of carbonyl (C=O) groups is 1. The molecule has 0 saturated heterocycles. The predicted octanol–water partition coefficient (Wildman–Crippen LogP) is 5.80. The first kappa shape index (κ1) is 23.5. The Hall–Kier alpha value is -1.82. The lowest BCUT2D eigenvalue weighted by molar-refractivity contribution is -0.113. The molecule has 0 bridgehead atoms. The molecule has 2 aromatic rings. The van der Waals surface area contributed by atoms with Gasteiger partial charge in [-0.05, 0) is 44.4 Å². The van der Waals surface area contributed by atoms with E-state index in [0.717, 1.165) is 44.3 Å². The number of thioether (sulfide) groups is 1. The highest BCUT2D eigenvalue weighted by Gasteiger charge is 2.11. The fourth-order valence-electron chi connectivity index (χ4n) is 3.17. The zero-order chi connectivity index (χ0) is 21.2. The number of aromatic nitrogens is 1. The van der Waals surface area contributed by atoms with Crippen molar-refractivity contribution in [1.29, 1.82) is 0 Å². The largest absolute Gasteiger partial charge is 0.493 e. The molecule has 0 fully saturated rings. The Bertz CT molecular complexity index is 865. The molecule has 1 aromatic heterocycles. The van der Waals surface area contributed by atoms with Gasteiger partial charge in [0.25, 0.3) is 5.56 Å². The van der Waals surface area contributed by atoms with E-state index in [4.69, 9.17) is 4.74 Å². The highest BCUT2D eigenvalue weighted by molar-refractivity contribution is 8.13. The van der Waals surface area contributed by atoms with E-state index in [1.165, 1.54) is 30.0 Å². The molecule has 1 unspecified atom stereocenters. The normalized spacial score (nSPS) is 12.3. The third-order valence-electron chi connectivity index (χ3n) is 5.16. The van der Waals surface area contributed by atoms with Gasteiger partial charge in [-0.15, -0.1) is 0 Å². The van der Waals surface area contributed by atoms with Gasteiger partial charge >= 0.3 is 0 Å². The van der Waals surface area contributed by atoms with Crippen molar-refractivity contribution in [3.63, 3.8) is 0 Å². The number of halogens is 1. The quantitative estimate of drug-likeness (QED) is 0.407. The van der Waals surface area contributed by atoms with Gasteiger partial charge < -0.3 is 9.30 Å². The van der Waals surface area contributed by atoms with Crippen LogP contribution in [0.2, 0.25) is 0 Å². The zero-order valence-electron chi connectivity index (χ0n) is 17.7. The molecule has 160 valence electrons. The average Bonchev–Trinajstić information content (AvgIpc) is 2.71. The van der Waals surface area contributed by atoms with Crippen molar-refractivity contribution in [2.45, 2.75) is 65.8 Å². The molecule has 1 atom stereocenters. The maximum absolute atomic E-state index is 13.7. The molecule has 6 heteroatoms. The molecule has 0 N–H and O–H groups in total. The molecule has 1 heterocycles. The summed E-state index contributed by atoms with van der Waals surface area (Å²) in [4.78, 5) is 24.0. The highest BCUT2D eigenvalue weighted by Crippen LogP contribution is 2.25. The Morgan fingerprint density at radius 2 is 1.86 bits per heavy atom. The number of aryl methyl sites for hydroxylation is 1. The van der Waals surface area contributed by atoms with Crippen LogP contribution in [0.1, 0.15) is 59.3 Å². The summed E-state index contributed by atoms with van der Waals surface area (Å²) < 4.78 is 21.1. The summed E-state index contributed by atoms with van der Waals surface area (Å²) in [7, 11) is 0. The maximum atomic E-state index is 13.7. The summed E-state index contributed by atoms with van der Waals surface area (Å²) in [6.07, 6.45) is 6.05. The number of hydrogen-bond donors (Lipinski definition) is 0. The molecule has 2 rings (SSSR count). The molecular weight excluding hydrogens is 389 g/mol. The van der Waals surface area contributed by atoms with Crippen molar-refractivity contribution < 1.29 is 13.9 Å². The Morgan fingerprint density at radius 3 is 2.59 bits per heavy atom. The Labute approximate surface area is 176 Å². The second-order valence-electron chi connectivity index (χ2n) is 7.35. The van der Waals surface area contributed by atoms with Crippen molar-refractivity contribution >= 4 is 27.8 Å². The third-order valence-corrected chi connectivity index (χ3v) is 6.34. The van der Waals surface area contributed by atoms with Crippen LogP contribution in [-0.4, -0.2) is 22.0 Å². The van der Waals surface area contributed by atoms with Crippen molar-refractivity contribution in [3.05, 3.63) is 40.4 Å². The third kappa shape index (κ3) is 6.88. The number of nitrogens with zero attached hydrogens (tertiary/aromatic N) is 1. The van der Waals surface area contributed by atoms with Crippen LogP contribution in [-0.2, 0) is 11.3 Å². The first-order valence-electron chi connectivity index (χ1n) is 10.6. The number of benzene rings is 1. The molecule has 4 nitrogen and oxygen atoms in total. The molecule has 0 aliphatic heterocycles. The van der Waals surface area contributed by atoms with Gasteiger partial charge in [-0.3, -0.25) is 9.59 Å². The molecule has 0 aliphatic rings. The van der Waals surface area contributed by atoms with Gasteiger partial charge in [-0.25, -0.2) is 4.39 Å². The van der Waals surface area contributed by atoms with E-state index >= 15 is 0 Å². The van der Waals surface area contributed by atoms with Crippen LogP contribution < -0.4 is 10.3 Å². The number of pyridine rings is 1. The summed E-state index contributed by atoms with van der Waals surface area (Å²) >= 11 is 1.46. The van der Waals surface area contributed by atoms with Gasteiger partial charge in [0.05, 0.1) is 12.1 Å². The van der Waals surface area contributed by atoms with E-state index in [-0.39, 0.29) is 17.3 Å². The van der Waals surface area contributed by atoms with E-state index in [0.29, 0.717) is 34.9 Å². The van der Waals surface area contributed by atoms with Gasteiger partial charge in [0, 0.05) is 29.7 Å². The Balaban J connectivity index is 1.75. The summed E-state index contributed by atoms with van der Waals surface area (Å²) in [5, 5.41) is 0.934. The van der Waals surface area contributed by atoms with Crippen LogP contribution in [0.25, 0.3) is 10.9 Å². The summed E-state index contributed by atoms with van der Waals surface area (Å²) in [5.41, 5.74) is 0.562. The number of unbranched alkanes of at least 4 members (excludes halogenated alkanes) is 4. The van der Waals surface area contributed by atoms with E-state index in [1.807, 2.05) is 20.8 Å². The first-order valence-corrected chi connectivity index (χ1v) is 11.6. The lowest BCUT2D eigenvalue weighted by Gasteiger charge is -2.13. The second kappa shape index (κ2) is 12.0. The number of carbonyl (C=O) groups excluding carboxylic acids is 1. The molecule has 1 aromatic carbocycles. The molecule has 29 heavy (non-hydrogen) atoms. The SMILES string of the molecule is CCC(C)C(=O)SCCCCCCCOc1cc(=O)n(CC)c2ccc(F)cc12. The van der Waals surface area contributed by atoms with Crippen molar-refractivity contribution in [2.75, 3.05) is 12.4 Å². The maximum Gasteiger partial charge on any atom is 0.254 e. The number of ether oxygens (including phenoxy) is 1. The van der Waals surface area contributed by atoms with E-state index in [1.54, 1.807) is 10.6 Å². The summed E-state index contributed by atoms with van der Waals surface area (Å²) in [6, 6.07) is 5.88. The number of fused-ring (bicyclic) bond motifs is 1. The van der Waals surface area contributed by atoms with Crippen LogP contribution in [0, 0.1) is 11.7 Å². The van der Waals surface area contributed by atoms with Crippen molar-refractivity contribution in [1.82, 2.24) is 4.57 Å². The van der Waals surface area contributed by atoms with Gasteiger partial charge in [-0.1, -0.05) is 44.9 Å².